The third kappa shape index (κ3) is 3.43. The second kappa shape index (κ2) is 7.97. The Morgan fingerprint density at radius 2 is 1.85 bits per heavy atom. The zero-order valence-corrected chi connectivity index (χ0v) is 19.3. The topological polar surface area (TPSA) is 93.1 Å². The number of Topliss-reactive ketones (excluding diaryl/α,β-unsaturated/α-hetero) is 1. The molecule has 1 aliphatic rings. The second-order valence-corrected chi connectivity index (χ2v) is 8.50. The minimum Gasteiger partial charge on any atom is -0.503 e. The molecular weight excluding hydrogens is 490 g/mol. The van der Waals surface area contributed by atoms with Crippen molar-refractivity contribution in [1.82, 2.24) is 0 Å². The van der Waals surface area contributed by atoms with Crippen molar-refractivity contribution < 1.29 is 28.3 Å². The summed E-state index contributed by atoms with van der Waals surface area (Å²) in [6, 6.07) is 16.3. The zero-order chi connectivity index (χ0) is 23.3. The molecule has 4 aromatic rings. The van der Waals surface area contributed by atoms with Gasteiger partial charge in [-0.2, -0.15) is 0 Å². The summed E-state index contributed by atoms with van der Waals surface area (Å²) in [4.78, 5) is 28.1. The molecule has 1 unspecified atom stereocenters. The average Bonchev–Trinajstić information content (AvgIpc) is 3.50. The van der Waals surface area contributed by atoms with E-state index in [0.29, 0.717) is 33.9 Å². The van der Waals surface area contributed by atoms with Gasteiger partial charge in [-0.15, -0.1) is 0 Å². The number of halogens is 1. The number of rotatable bonds is 5. The van der Waals surface area contributed by atoms with E-state index in [-0.39, 0.29) is 11.3 Å². The van der Waals surface area contributed by atoms with Gasteiger partial charge in [-0.05, 0) is 55.5 Å². The lowest BCUT2D eigenvalue weighted by Gasteiger charge is -2.24. The highest BCUT2D eigenvalue weighted by Crippen LogP contribution is 2.43. The highest BCUT2D eigenvalue weighted by Gasteiger charge is 2.47. The number of carbonyl (C=O) groups excluding carboxylic acids is 2. The molecule has 0 aliphatic carbocycles. The molecule has 1 aliphatic heterocycles. The van der Waals surface area contributed by atoms with Gasteiger partial charge < -0.3 is 18.7 Å². The van der Waals surface area contributed by atoms with Crippen molar-refractivity contribution in [3.05, 3.63) is 93.7 Å². The van der Waals surface area contributed by atoms with Crippen LogP contribution < -0.4 is 9.64 Å². The average molecular weight is 508 g/mol. The lowest BCUT2D eigenvalue weighted by molar-refractivity contribution is -0.117. The van der Waals surface area contributed by atoms with Gasteiger partial charge in [-0.25, -0.2) is 0 Å². The van der Waals surface area contributed by atoms with Crippen LogP contribution in [0.15, 0.2) is 85.3 Å². The van der Waals surface area contributed by atoms with E-state index >= 15 is 0 Å². The Morgan fingerprint density at radius 3 is 2.52 bits per heavy atom. The monoisotopic (exact) mass is 507 g/mol. The summed E-state index contributed by atoms with van der Waals surface area (Å²) >= 11 is 3.38. The fraction of sp³-hybridized carbons (Fsp3) is 0.120. The quantitative estimate of drug-likeness (QED) is 0.338. The molecule has 2 aromatic heterocycles. The number of nitrogens with zero attached hydrogens (tertiary/aromatic N) is 1. The van der Waals surface area contributed by atoms with Crippen LogP contribution in [0.5, 0.6) is 5.75 Å². The van der Waals surface area contributed by atoms with Gasteiger partial charge in [0.2, 0.25) is 5.78 Å². The molecule has 166 valence electrons. The van der Waals surface area contributed by atoms with Gasteiger partial charge in [0.1, 0.15) is 17.6 Å². The summed E-state index contributed by atoms with van der Waals surface area (Å²) < 4.78 is 17.7. The molecule has 33 heavy (non-hydrogen) atoms. The Kier molecular flexibility index (Phi) is 5.09. The smallest absolute Gasteiger partial charge is 0.294 e. The van der Waals surface area contributed by atoms with E-state index in [0.717, 1.165) is 4.47 Å². The van der Waals surface area contributed by atoms with E-state index in [1.165, 1.54) is 12.0 Å². The molecule has 1 atom stereocenters. The maximum absolute atomic E-state index is 13.6. The molecule has 0 fully saturated rings. The van der Waals surface area contributed by atoms with Crippen LogP contribution in [-0.2, 0) is 4.79 Å². The molecule has 0 spiro atoms. The fourth-order valence-electron chi connectivity index (χ4n) is 4.02. The Labute approximate surface area is 197 Å². The minimum absolute atomic E-state index is 0.0187. The van der Waals surface area contributed by atoms with Gasteiger partial charge in [0.25, 0.3) is 5.91 Å². The number of aliphatic hydroxyl groups excluding tert-OH is 1. The largest absolute Gasteiger partial charge is 0.503 e. The lowest BCUT2D eigenvalue weighted by Crippen LogP contribution is -2.30. The summed E-state index contributed by atoms with van der Waals surface area (Å²) in [7, 11) is 1.51. The number of para-hydroxylation sites is 1. The third-order valence-electron chi connectivity index (χ3n) is 5.54. The van der Waals surface area contributed by atoms with Gasteiger partial charge in [-0.3, -0.25) is 14.5 Å². The SMILES string of the molecule is COc1cccc2cc(C(=O)C3=C(O)C(=O)N(c4ccc(Br)cc4)C3c3ccc(C)o3)oc12. The maximum atomic E-state index is 13.6. The van der Waals surface area contributed by atoms with Gasteiger partial charge >= 0.3 is 0 Å². The van der Waals surface area contributed by atoms with E-state index in [2.05, 4.69) is 15.9 Å². The molecule has 1 N–H and O–H groups in total. The Morgan fingerprint density at radius 1 is 1.09 bits per heavy atom. The van der Waals surface area contributed by atoms with Crippen LogP contribution in [0.3, 0.4) is 0 Å². The molecule has 2 aromatic carbocycles. The van der Waals surface area contributed by atoms with Crippen molar-refractivity contribution in [1.29, 1.82) is 0 Å². The number of amides is 1. The first-order valence-electron chi connectivity index (χ1n) is 10.1. The minimum atomic E-state index is -0.963. The highest BCUT2D eigenvalue weighted by atomic mass is 79.9. The number of aliphatic hydroxyl groups is 1. The number of hydrogen-bond donors (Lipinski definition) is 1. The van der Waals surface area contributed by atoms with Crippen molar-refractivity contribution in [3.8, 4) is 5.75 Å². The molecule has 0 saturated carbocycles. The maximum Gasteiger partial charge on any atom is 0.294 e. The van der Waals surface area contributed by atoms with Crippen LogP contribution >= 0.6 is 15.9 Å². The first-order valence-corrected chi connectivity index (χ1v) is 10.9. The molecule has 0 bridgehead atoms. The molecule has 1 amide bonds. The predicted octanol–water partition coefficient (Wildman–Crippen LogP) is 5.89. The van der Waals surface area contributed by atoms with E-state index in [9.17, 15) is 14.7 Å². The molecule has 5 rings (SSSR count). The van der Waals surface area contributed by atoms with Crippen molar-refractivity contribution in [2.24, 2.45) is 0 Å². The number of aryl methyl sites for hydroxylation is 1. The molecule has 0 radical (unpaired) electrons. The molecule has 8 heteroatoms. The summed E-state index contributed by atoms with van der Waals surface area (Å²) in [5, 5.41) is 11.5. The lowest BCUT2D eigenvalue weighted by atomic mass is 9.99. The molecular formula is C25H18BrNO6. The number of ketones is 1. The number of furan rings is 2. The first kappa shape index (κ1) is 21.1. The van der Waals surface area contributed by atoms with Crippen LogP contribution in [0.2, 0.25) is 0 Å². The Balaban J connectivity index is 1.65. The number of hydrogen-bond acceptors (Lipinski definition) is 6. The summed E-state index contributed by atoms with van der Waals surface area (Å²) in [5.74, 6) is -0.540. The van der Waals surface area contributed by atoms with Crippen molar-refractivity contribution in [2.45, 2.75) is 13.0 Å². The third-order valence-corrected chi connectivity index (χ3v) is 6.07. The van der Waals surface area contributed by atoms with Crippen molar-refractivity contribution in [2.75, 3.05) is 12.0 Å². The van der Waals surface area contributed by atoms with Gasteiger partial charge in [-0.1, -0.05) is 28.1 Å². The second-order valence-electron chi connectivity index (χ2n) is 7.58. The zero-order valence-electron chi connectivity index (χ0n) is 17.7. The number of carbonyl (C=O) groups is 2. The van der Waals surface area contributed by atoms with Gasteiger partial charge in [0, 0.05) is 15.5 Å². The van der Waals surface area contributed by atoms with Crippen LogP contribution in [-0.4, -0.2) is 23.9 Å². The highest BCUT2D eigenvalue weighted by molar-refractivity contribution is 9.10. The van der Waals surface area contributed by atoms with Crippen LogP contribution in [0.1, 0.15) is 28.1 Å². The van der Waals surface area contributed by atoms with E-state index in [1.807, 2.05) is 0 Å². The molecule has 0 saturated heterocycles. The molecule has 3 heterocycles. The normalized spacial score (nSPS) is 16.2. The summed E-state index contributed by atoms with van der Waals surface area (Å²) in [6.45, 7) is 1.76. The van der Waals surface area contributed by atoms with Crippen LogP contribution in [0.25, 0.3) is 11.0 Å². The fourth-order valence-corrected chi connectivity index (χ4v) is 4.28. The standard InChI is InChI=1S/C25H18BrNO6/c1-13-6-11-17(32-13)21-20(23(29)25(30)27(21)16-9-7-15(26)8-10-16)22(28)19-12-14-4-3-5-18(31-2)24(14)33-19/h3-12,21,29H,1-2H3. The van der Waals surface area contributed by atoms with Crippen molar-refractivity contribution >= 4 is 44.3 Å². The first-order chi connectivity index (χ1) is 15.9. The van der Waals surface area contributed by atoms with E-state index in [1.54, 1.807) is 67.6 Å². The number of ether oxygens (including phenoxy) is 1. The van der Waals surface area contributed by atoms with E-state index in [4.69, 9.17) is 13.6 Å². The Hall–Kier alpha value is -3.78. The predicted molar refractivity (Wildman–Crippen MR) is 125 cm³/mol. The van der Waals surface area contributed by atoms with Gasteiger partial charge in [0.15, 0.2) is 22.9 Å². The van der Waals surface area contributed by atoms with E-state index < -0.39 is 23.5 Å². The van der Waals surface area contributed by atoms with Crippen molar-refractivity contribution in [3.63, 3.8) is 0 Å². The van der Waals surface area contributed by atoms with Crippen LogP contribution in [0.4, 0.5) is 5.69 Å². The summed E-state index contributed by atoms with van der Waals surface area (Å²) in [6.07, 6.45) is 0. The Bertz CT molecular complexity index is 1430. The number of methoxy groups -OCH3 is 1. The number of anilines is 1. The van der Waals surface area contributed by atoms with Crippen LogP contribution in [0, 0.1) is 6.92 Å². The number of fused-ring (bicyclic) bond motifs is 1. The summed E-state index contributed by atoms with van der Waals surface area (Å²) in [5.41, 5.74) is 0.793. The molecule has 7 nitrogen and oxygen atoms in total. The number of benzene rings is 2. The van der Waals surface area contributed by atoms with Gasteiger partial charge in [0.05, 0.1) is 12.7 Å².